The number of hydrogen-bond donors (Lipinski definition) is 2. The van der Waals surface area contributed by atoms with Crippen LogP contribution in [0.4, 0.5) is 0 Å². The number of nitrogens with one attached hydrogen (secondary N) is 1. The second kappa shape index (κ2) is 5.47. The molecule has 2 rings (SSSR count). The molecule has 0 unspecified atom stereocenters. The van der Waals surface area contributed by atoms with Crippen LogP contribution in [-0.4, -0.2) is 16.1 Å². The van der Waals surface area contributed by atoms with Crippen molar-refractivity contribution in [3.8, 4) is 11.1 Å². The molecule has 4 nitrogen and oxygen atoms in total. The van der Waals surface area contributed by atoms with Crippen molar-refractivity contribution in [2.24, 2.45) is 0 Å². The van der Waals surface area contributed by atoms with E-state index in [1.54, 1.807) is 18.2 Å². The van der Waals surface area contributed by atoms with Crippen molar-refractivity contribution in [3.05, 3.63) is 56.4 Å². The molecule has 0 fully saturated rings. The lowest BCUT2D eigenvalue weighted by atomic mass is 10.0. The minimum absolute atomic E-state index is 0.169. The number of aromatic amines is 1. The Morgan fingerprint density at radius 1 is 1.16 bits per heavy atom. The number of rotatable bonds is 3. The van der Waals surface area contributed by atoms with E-state index in [9.17, 15) is 9.59 Å². The van der Waals surface area contributed by atoms with Crippen molar-refractivity contribution in [2.45, 2.75) is 6.42 Å². The molecular formula is C13H9Cl2NO3. The Labute approximate surface area is 118 Å². The number of carboxylic acids is 1. The molecule has 0 amide bonds. The normalized spacial score (nSPS) is 10.4. The molecule has 1 aromatic carbocycles. The summed E-state index contributed by atoms with van der Waals surface area (Å²) in [5.41, 5.74) is 1.06. The van der Waals surface area contributed by atoms with Gasteiger partial charge >= 0.3 is 5.97 Å². The van der Waals surface area contributed by atoms with Crippen LogP contribution < -0.4 is 5.56 Å². The molecule has 0 spiro atoms. The minimum atomic E-state index is -0.970. The number of aliphatic carboxylic acids is 1. The molecule has 0 aliphatic rings. The number of halogens is 2. The molecule has 1 heterocycles. The predicted molar refractivity (Wildman–Crippen MR) is 73.9 cm³/mol. The Kier molecular flexibility index (Phi) is 3.93. The third-order valence-corrected chi connectivity index (χ3v) is 2.93. The molecule has 2 aromatic rings. The minimum Gasteiger partial charge on any atom is -0.481 e. The molecular weight excluding hydrogens is 289 g/mol. The highest BCUT2D eigenvalue weighted by Crippen LogP contribution is 2.25. The highest BCUT2D eigenvalue weighted by molar-refractivity contribution is 6.35. The monoisotopic (exact) mass is 297 g/mol. The van der Waals surface area contributed by atoms with E-state index in [1.807, 2.05) is 0 Å². The first-order chi connectivity index (χ1) is 8.95. The summed E-state index contributed by atoms with van der Waals surface area (Å²) in [5, 5.41) is 9.57. The molecule has 1 aromatic heterocycles. The first kappa shape index (κ1) is 13.6. The van der Waals surface area contributed by atoms with Crippen molar-refractivity contribution in [1.82, 2.24) is 4.98 Å². The molecule has 0 aliphatic heterocycles. The van der Waals surface area contributed by atoms with Gasteiger partial charge in [-0.1, -0.05) is 23.2 Å². The average molecular weight is 298 g/mol. The van der Waals surface area contributed by atoms with Crippen LogP contribution in [0.15, 0.2) is 35.3 Å². The van der Waals surface area contributed by atoms with Gasteiger partial charge in [0.2, 0.25) is 0 Å². The van der Waals surface area contributed by atoms with Gasteiger partial charge in [0.15, 0.2) is 0 Å². The van der Waals surface area contributed by atoms with Crippen LogP contribution in [0.25, 0.3) is 11.1 Å². The predicted octanol–water partition coefficient (Wildman–Crippen LogP) is 2.98. The summed E-state index contributed by atoms with van der Waals surface area (Å²) in [4.78, 5) is 25.0. The first-order valence-corrected chi connectivity index (χ1v) is 6.11. The molecule has 0 aliphatic carbocycles. The summed E-state index contributed by atoms with van der Waals surface area (Å²) in [7, 11) is 0. The summed E-state index contributed by atoms with van der Waals surface area (Å²) in [6.07, 6.45) is 1.21. The Morgan fingerprint density at radius 2 is 1.79 bits per heavy atom. The molecule has 98 valence electrons. The van der Waals surface area contributed by atoms with Gasteiger partial charge in [-0.3, -0.25) is 9.59 Å². The maximum atomic E-state index is 11.8. The van der Waals surface area contributed by atoms with E-state index in [0.29, 0.717) is 26.7 Å². The largest absolute Gasteiger partial charge is 0.481 e. The standard InChI is InChI=1S/C13H9Cl2NO3/c14-9-3-8(4-10(15)5-9)11-1-7(2-12(17)18)6-16-13(11)19/h1,3-6H,2H2,(H,16,19)(H,17,18). The second-order valence-electron chi connectivity index (χ2n) is 3.98. The molecule has 0 saturated carbocycles. The van der Waals surface area contributed by atoms with Crippen LogP contribution in [-0.2, 0) is 11.2 Å². The fraction of sp³-hybridized carbons (Fsp3) is 0.0769. The van der Waals surface area contributed by atoms with Crippen molar-refractivity contribution >= 4 is 29.2 Å². The molecule has 0 radical (unpaired) electrons. The first-order valence-electron chi connectivity index (χ1n) is 5.35. The SMILES string of the molecule is O=C(O)Cc1c[nH]c(=O)c(-c2cc(Cl)cc(Cl)c2)c1. The summed E-state index contributed by atoms with van der Waals surface area (Å²) < 4.78 is 0. The van der Waals surface area contributed by atoms with Crippen molar-refractivity contribution in [3.63, 3.8) is 0 Å². The van der Waals surface area contributed by atoms with Gasteiger partial charge in [0.05, 0.1) is 6.42 Å². The number of H-pyrrole nitrogens is 1. The van der Waals surface area contributed by atoms with Crippen LogP contribution in [0, 0.1) is 0 Å². The van der Waals surface area contributed by atoms with Crippen molar-refractivity contribution < 1.29 is 9.90 Å². The lowest BCUT2D eigenvalue weighted by molar-refractivity contribution is -0.136. The lowest BCUT2D eigenvalue weighted by Gasteiger charge is -2.05. The lowest BCUT2D eigenvalue weighted by Crippen LogP contribution is -2.11. The zero-order chi connectivity index (χ0) is 14.0. The van der Waals surface area contributed by atoms with E-state index in [2.05, 4.69) is 4.98 Å². The molecule has 6 heteroatoms. The fourth-order valence-electron chi connectivity index (χ4n) is 1.73. The van der Waals surface area contributed by atoms with Gasteiger partial charge in [-0.2, -0.15) is 0 Å². The van der Waals surface area contributed by atoms with E-state index < -0.39 is 5.97 Å². The maximum Gasteiger partial charge on any atom is 0.307 e. The van der Waals surface area contributed by atoms with Crippen LogP contribution >= 0.6 is 23.2 Å². The van der Waals surface area contributed by atoms with Crippen LogP contribution in [0.1, 0.15) is 5.56 Å². The highest BCUT2D eigenvalue weighted by Gasteiger charge is 2.09. The smallest absolute Gasteiger partial charge is 0.307 e. The number of pyridine rings is 1. The van der Waals surface area contributed by atoms with Gasteiger partial charge < -0.3 is 10.1 Å². The van der Waals surface area contributed by atoms with E-state index in [4.69, 9.17) is 28.3 Å². The van der Waals surface area contributed by atoms with Crippen LogP contribution in [0.2, 0.25) is 10.0 Å². The Morgan fingerprint density at radius 3 is 2.37 bits per heavy atom. The van der Waals surface area contributed by atoms with E-state index in [0.717, 1.165) is 0 Å². The Bertz CT molecular complexity index is 674. The van der Waals surface area contributed by atoms with E-state index in [1.165, 1.54) is 12.3 Å². The molecule has 19 heavy (non-hydrogen) atoms. The summed E-state index contributed by atoms with van der Waals surface area (Å²) in [5.74, 6) is -0.970. The molecule has 2 N–H and O–H groups in total. The third-order valence-electron chi connectivity index (χ3n) is 2.49. The van der Waals surface area contributed by atoms with Gasteiger partial charge in [-0.15, -0.1) is 0 Å². The van der Waals surface area contributed by atoms with Crippen molar-refractivity contribution in [2.75, 3.05) is 0 Å². The van der Waals surface area contributed by atoms with Crippen LogP contribution in [0.5, 0.6) is 0 Å². The van der Waals surface area contributed by atoms with Crippen LogP contribution in [0.3, 0.4) is 0 Å². The van der Waals surface area contributed by atoms with Gasteiger partial charge in [0.25, 0.3) is 5.56 Å². The summed E-state index contributed by atoms with van der Waals surface area (Å²) in [6, 6.07) is 6.28. The Hall–Kier alpha value is -1.78. The summed E-state index contributed by atoms with van der Waals surface area (Å²) in [6.45, 7) is 0. The van der Waals surface area contributed by atoms with E-state index >= 15 is 0 Å². The highest BCUT2D eigenvalue weighted by atomic mass is 35.5. The number of aromatic nitrogens is 1. The Balaban J connectivity index is 2.54. The average Bonchev–Trinajstić information content (AvgIpc) is 2.29. The molecule has 0 bridgehead atoms. The number of carbonyl (C=O) groups is 1. The zero-order valence-electron chi connectivity index (χ0n) is 9.61. The second-order valence-corrected chi connectivity index (χ2v) is 4.85. The molecule has 0 saturated heterocycles. The van der Waals surface area contributed by atoms with Gasteiger partial charge in [-0.25, -0.2) is 0 Å². The number of carboxylic acid groups (broad SMARTS) is 1. The third kappa shape index (κ3) is 3.36. The number of benzene rings is 1. The fourth-order valence-corrected chi connectivity index (χ4v) is 2.26. The van der Waals surface area contributed by atoms with E-state index in [-0.39, 0.29) is 12.0 Å². The zero-order valence-corrected chi connectivity index (χ0v) is 11.1. The topological polar surface area (TPSA) is 70.2 Å². The van der Waals surface area contributed by atoms with Gasteiger partial charge in [-0.05, 0) is 35.4 Å². The van der Waals surface area contributed by atoms with Crippen molar-refractivity contribution in [1.29, 1.82) is 0 Å². The maximum absolute atomic E-state index is 11.8. The van der Waals surface area contributed by atoms with Gasteiger partial charge in [0.1, 0.15) is 0 Å². The quantitative estimate of drug-likeness (QED) is 0.915. The number of hydrogen-bond acceptors (Lipinski definition) is 2. The molecule has 0 atom stereocenters. The summed E-state index contributed by atoms with van der Waals surface area (Å²) >= 11 is 11.8. The van der Waals surface area contributed by atoms with Gasteiger partial charge in [0, 0.05) is 21.8 Å².